The van der Waals surface area contributed by atoms with Crippen LogP contribution in [0.3, 0.4) is 0 Å². The molecule has 0 unspecified atom stereocenters. The number of nitrogens with two attached hydrogens (primary N) is 1. The standard InChI is InChI=1S/C31H32F2N8O2S/c1-5-23(42)41-12-10-22(16(41)2)40(4)30-20-14-36-26(18-8-9-21(32)28-24(18)19(13-34)29(35)44-28)25(33)27(20)37-31(38-30)43-15-17-7-6-11-39(17)3/h5,8-9,14,16-17,22H,1,6-7,10-12,15,35H2,2-4H3/t16-,17+,22-/m1/s1. The number of ether oxygens (including phenoxy) is 1. The Hall–Kier alpha value is -4.41. The van der Waals surface area contributed by atoms with E-state index in [-0.39, 0.29) is 67.5 Å². The number of carbonyl (C=O) groups is 1. The number of hydrogen-bond donors (Lipinski definition) is 1. The van der Waals surface area contributed by atoms with Gasteiger partial charge in [-0.2, -0.15) is 15.2 Å². The highest BCUT2D eigenvalue weighted by atomic mass is 32.1. The topological polar surface area (TPSA) is 125 Å². The lowest BCUT2D eigenvalue weighted by Crippen LogP contribution is -2.43. The zero-order chi connectivity index (χ0) is 31.3. The summed E-state index contributed by atoms with van der Waals surface area (Å²) in [6, 6.07) is 4.54. The molecule has 6 rings (SSSR count). The molecule has 10 nitrogen and oxygen atoms in total. The Labute approximate surface area is 257 Å². The molecule has 44 heavy (non-hydrogen) atoms. The average Bonchev–Trinajstić information content (AvgIpc) is 3.71. The number of aromatic nitrogens is 3. The fraction of sp³-hybridized carbons (Fsp3) is 0.387. The first-order valence-electron chi connectivity index (χ1n) is 14.4. The predicted octanol–water partition coefficient (Wildman–Crippen LogP) is 4.72. The molecule has 0 spiro atoms. The van der Waals surface area contributed by atoms with Gasteiger partial charge in [0.05, 0.1) is 21.7 Å². The van der Waals surface area contributed by atoms with Gasteiger partial charge in [0.2, 0.25) is 5.91 Å². The number of amides is 1. The predicted molar refractivity (Wildman–Crippen MR) is 167 cm³/mol. The minimum Gasteiger partial charge on any atom is -0.462 e. The van der Waals surface area contributed by atoms with Crippen LogP contribution in [0.15, 0.2) is 31.0 Å². The molecule has 2 saturated heterocycles. The Morgan fingerprint density at radius 1 is 1.32 bits per heavy atom. The van der Waals surface area contributed by atoms with Crippen LogP contribution < -0.4 is 15.4 Å². The van der Waals surface area contributed by atoms with E-state index in [0.29, 0.717) is 30.8 Å². The summed E-state index contributed by atoms with van der Waals surface area (Å²) in [5.74, 6) is -1.06. The molecule has 2 aliphatic heterocycles. The molecular weight excluding hydrogens is 586 g/mol. The molecule has 3 atom stereocenters. The van der Waals surface area contributed by atoms with Crippen LogP contribution in [0.2, 0.25) is 0 Å². The van der Waals surface area contributed by atoms with Gasteiger partial charge in [-0.3, -0.25) is 9.78 Å². The number of likely N-dealkylation sites (N-methyl/N-ethyl adjacent to an activating group) is 2. The van der Waals surface area contributed by atoms with E-state index in [9.17, 15) is 14.4 Å². The number of carbonyl (C=O) groups excluding carboxylic acids is 1. The van der Waals surface area contributed by atoms with E-state index in [0.717, 1.165) is 30.7 Å². The summed E-state index contributed by atoms with van der Waals surface area (Å²) >= 11 is 0.933. The van der Waals surface area contributed by atoms with E-state index in [1.165, 1.54) is 24.4 Å². The number of thiophene rings is 1. The highest BCUT2D eigenvalue weighted by molar-refractivity contribution is 7.23. The highest BCUT2D eigenvalue weighted by Crippen LogP contribution is 2.42. The summed E-state index contributed by atoms with van der Waals surface area (Å²) in [7, 11) is 3.88. The van der Waals surface area contributed by atoms with E-state index < -0.39 is 11.6 Å². The summed E-state index contributed by atoms with van der Waals surface area (Å²) in [5, 5.41) is 10.5. The van der Waals surface area contributed by atoms with Crippen LogP contribution in [0.1, 0.15) is 31.7 Å². The van der Waals surface area contributed by atoms with Crippen molar-refractivity contribution >= 4 is 49.1 Å². The normalized spacial score (nSPS) is 20.4. The van der Waals surface area contributed by atoms with Gasteiger partial charge in [-0.05, 0) is 58.0 Å². The maximum absolute atomic E-state index is 16.6. The summed E-state index contributed by atoms with van der Waals surface area (Å²) in [5.41, 5.74) is 6.21. The molecule has 0 aliphatic carbocycles. The number of benzene rings is 1. The summed E-state index contributed by atoms with van der Waals surface area (Å²) in [6.45, 7) is 7.43. The lowest BCUT2D eigenvalue weighted by molar-refractivity contribution is -0.126. The number of nitrogens with zero attached hydrogens (tertiary/aromatic N) is 7. The third-order valence-corrected chi connectivity index (χ3v) is 9.94. The Balaban J connectivity index is 1.49. The summed E-state index contributed by atoms with van der Waals surface area (Å²) in [4.78, 5) is 32.0. The van der Waals surface area contributed by atoms with Crippen molar-refractivity contribution in [1.82, 2.24) is 24.8 Å². The minimum absolute atomic E-state index is 0.0159. The van der Waals surface area contributed by atoms with Gasteiger partial charge in [-0.15, -0.1) is 11.3 Å². The maximum Gasteiger partial charge on any atom is 0.319 e. The smallest absolute Gasteiger partial charge is 0.319 e. The number of nitriles is 1. The first kappa shape index (κ1) is 29.7. The van der Waals surface area contributed by atoms with Crippen molar-refractivity contribution in [3.8, 4) is 23.3 Å². The zero-order valence-electron chi connectivity index (χ0n) is 24.7. The van der Waals surface area contributed by atoms with Gasteiger partial charge >= 0.3 is 6.01 Å². The van der Waals surface area contributed by atoms with E-state index in [4.69, 9.17) is 15.5 Å². The number of hydrogen-bond acceptors (Lipinski definition) is 10. The molecule has 3 aromatic heterocycles. The van der Waals surface area contributed by atoms with Gasteiger partial charge in [-0.25, -0.2) is 8.78 Å². The molecule has 1 aromatic carbocycles. The molecule has 4 aromatic rings. The van der Waals surface area contributed by atoms with Crippen molar-refractivity contribution in [1.29, 1.82) is 5.26 Å². The molecule has 2 fully saturated rings. The maximum atomic E-state index is 16.6. The second kappa shape index (κ2) is 11.6. The van der Waals surface area contributed by atoms with Crippen LogP contribution in [0.5, 0.6) is 6.01 Å². The van der Waals surface area contributed by atoms with Crippen LogP contribution in [0, 0.1) is 23.0 Å². The summed E-state index contributed by atoms with van der Waals surface area (Å²) < 4.78 is 37.6. The molecule has 0 saturated carbocycles. The number of nitrogen functional groups attached to an aromatic ring is 1. The number of anilines is 2. The van der Waals surface area contributed by atoms with Crippen LogP contribution in [-0.4, -0.2) is 82.6 Å². The lowest BCUT2D eigenvalue weighted by atomic mass is 10.0. The first-order valence-corrected chi connectivity index (χ1v) is 15.2. The highest BCUT2D eigenvalue weighted by Gasteiger charge is 2.37. The molecule has 5 heterocycles. The number of fused-ring (bicyclic) bond motifs is 2. The number of pyridine rings is 1. The molecule has 0 bridgehead atoms. The molecule has 0 radical (unpaired) electrons. The van der Waals surface area contributed by atoms with E-state index in [2.05, 4.69) is 21.4 Å². The third-order valence-electron chi connectivity index (χ3n) is 8.91. The SMILES string of the molecule is C=CC(=O)N1CC[C@@H](N(C)c2nc(OC[C@@H]3CCCN3C)nc3c(F)c(-c4ccc(F)c5sc(N)c(C#N)c45)ncc23)[C@H]1C. The molecular formula is C31H32F2N8O2S. The molecule has 2 N–H and O–H groups in total. The van der Waals surface area contributed by atoms with Crippen molar-refractivity contribution in [2.45, 2.75) is 44.3 Å². The Morgan fingerprint density at radius 3 is 2.82 bits per heavy atom. The van der Waals surface area contributed by atoms with Crippen molar-refractivity contribution in [2.75, 3.05) is 44.4 Å². The van der Waals surface area contributed by atoms with E-state index >= 15 is 4.39 Å². The zero-order valence-corrected chi connectivity index (χ0v) is 25.5. The Morgan fingerprint density at radius 2 is 2.11 bits per heavy atom. The van der Waals surface area contributed by atoms with Crippen molar-refractivity contribution < 1.29 is 18.3 Å². The fourth-order valence-electron chi connectivity index (χ4n) is 6.43. The van der Waals surface area contributed by atoms with Gasteiger partial charge in [0.15, 0.2) is 5.82 Å². The van der Waals surface area contributed by atoms with Crippen molar-refractivity contribution in [2.24, 2.45) is 0 Å². The number of likely N-dealkylation sites (tertiary alicyclic amines) is 2. The van der Waals surface area contributed by atoms with Crippen LogP contribution >= 0.6 is 11.3 Å². The number of rotatable bonds is 7. The van der Waals surface area contributed by atoms with Crippen molar-refractivity contribution in [3.63, 3.8) is 0 Å². The Kier molecular flexibility index (Phi) is 7.81. The first-order chi connectivity index (χ1) is 21.1. The van der Waals surface area contributed by atoms with Crippen molar-refractivity contribution in [3.05, 3.63) is 48.2 Å². The second-order valence-corrected chi connectivity index (χ2v) is 12.3. The van der Waals surface area contributed by atoms with Gasteiger partial charge < -0.3 is 25.2 Å². The summed E-state index contributed by atoms with van der Waals surface area (Å²) in [6.07, 6.45) is 5.49. The van der Waals surface area contributed by atoms with E-state index in [1.54, 1.807) is 4.90 Å². The average molecular weight is 619 g/mol. The lowest BCUT2D eigenvalue weighted by Gasteiger charge is -2.32. The second-order valence-electron chi connectivity index (χ2n) is 11.3. The quantitative estimate of drug-likeness (QED) is 0.293. The van der Waals surface area contributed by atoms with Gasteiger partial charge in [0.25, 0.3) is 0 Å². The minimum atomic E-state index is -0.758. The van der Waals surface area contributed by atoms with Gasteiger partial charge in [0, 0.05) is 42.8 Å². The van der Waals surface area contributed by atoms with Crippen LogP contribution in [-0.2, 0) is 4.79 Å². The fourth-order valence-corrected chi connectivity index (χ4v) is 7.38. The monoisotopic (exact) mass is 618 g/mol. The molecule has 13 heteroatoms. The largest absolute Gasteiger partial charge is 0.462 e. The molecule has 1 amide bonds. The third kappa shape index (κ3) is 4.88. The number of halogens is 2. The van der Waals surface area contributed by atoms with Crippen LogP contribution in [0.25, 0.3) is 32.2 Å². The molecule has 228 valence electrons. The van der Waals surface area contributed by atoms with Crippen LogP contribution in [0.4, 0.5) is 19.6 Å². The van der Waals surface area contributed by atoms with E-state index in [1.807, 2.05) is 32.0 Å². The van der Waals surface area contributed by atoms with Gasteiger partial charge in [0.1, 0.15) is 40.5 Å². The van der Waals surface area contributed by atoms with Gasteiger partial charge in [-0.1, -0.05) is 6.58 Å². The Bertz CT molecular complexity index is 1840. The molecule has 2 aliphatic rings.